The smallest absolute Gasteiger partial charge is 0.226 e. The van der Waals surface area contributed by atoms with Crippen molar-refractivity contribution in [2.24, 2.45) is 0 Å². The molecule has 1 aliphatic heterocycles. The third-order valence-electron chi connectivity index (χ3n) is 4.92. The molecule has 0 amide bonds. The van der Waals surface area contributed by atoms with E-state index in [0.29, 0.717) is 12.4 Å². The second kappa shape index (κ2) is 7.55. The highest BCUT2D eigenvalue weighted by molar-refractivity contribution is 9.10. The average molecular weight is 435 g/mol. The number of fused-ring (bicyclic) bond motifs is 1. The molecule has 3 heterocycles. The molecule has 0 bridgehead atoms. The topological polar surface area (TPSA) is 60.0 Å². The van der Waals surface area contributed by atoms with Crippen LogP contribution in [0.4, 0.5) is 5.82 Å². The highest BCUT2D eigenvalue weighted by atomic mass is 79.9. The Kier molecular flexibility index (Phi) is 5.16. The largest absolute Gasteiger partial charge is 0.383 e. The number of nitrogen functional groups attached to an aromatic ring is 1. The predicted octanol–water partition coefficient (Wildman–Crippen LogP) is 4.46. The highest BCUT2D eigenvalue weighted by Gasteiger charge is 2.14. The van der Waals surface area contributed by atoms with Gasteiger partial charge in [-0.25, -0.2) is 4.98 Å². The van der Waals surface area contributed by atoms with Gasteiger partial charge in [-0.2, -0.15) is 4.98 Å². The number of halogens is 2. The van der Waals surface area contributed by atoms with Crippen LogP contribution >= 0.6 is 27.5 Å². The summed E-state index contributed by atoms with van der Waals surface area (Å²) in [5.74, 6) is 0.399. The van der Waals surface area contributed by atoms with Crippen molar-refractivity contribution in [1.29, 1.82) is 0 Å². The second-order valence-electron chi connectivity index (χ2n) is 6.82. The van der Waals surface area contributed by atoms with Crippen molar-refractivity contribution in [2.75, 3.05) is 18.8 Å². The highest BCUT2D eigenvalue weighted by Crippen LogP contribution is 2.28. The molecular weight excluding hydrogens is 414 g/mol. The van der Waals surface area contributed by atoms with Gasteiger partial charge in [0.15, 0.2) is 0 Å². The Morgan fingerprint density at radius 3 is 2.35 bits per heavy atom. The molecule has 0 spiro atoms. The summed E-state index contributed by atoms with van der Waals surface area (Å²) in [6, 6.07) is 10.7. The first-order chi connectivity index (χ1) is 12.6. The predicted molar refractivity (Wildman–Crippen MR) is 109 cm³/mol. The summed E-state index contributed by atoms with van der Waals surface area (Å²) in [6.07, 6.45) is 4.01. The molecule has 5 nitrogen and oxygen atoms in total. The van der Waals surface area contributed by atoms with Crippen molar-refractivity contribution in [3.8, 4) is 0 Å². The fraction of sp³-hybridized carbons (Fsp3) is 0.368. The molecule has 7 heteroatoms. The van der Waals surface area contributed by atoms with Crippen LogP contribution < -0.4 is 5.73 Å². The minimum Gasteiger partial charge on any atom is -0.383 e. The van der Waals surface area contributed by atoms with Crippen molar-refractivity contribution >= 4 is 44.4 Å². The van der Waals surface area contributed by atoms with Crippen LogP contribution in [0.1, 0.15) is 30.4 Å². The minimum absolute atomic E-state index is 0.165. The number of piperidine rings is 1. The summed E-state index contributed by atoms with van der Waals surface area (Å²) >= 11 is 9.58. The van der Waals surface area contributed by atoms with Gasteiger partial charge in [-0.05, 0) is 70.7 Å². The maximum Gasteiger partial charge on any atom is 0.226 e. The molecule has 0 saturated carbocycles. The Labute approximate surface area is 166 Å². The standard InChI is InChI=1S/C19H21BrClN5/c20-16-10-15-17(22)23-19(21)24-18(15)26(16)12-14-6-4-13(5-7-14)11-25-8-2-1-3-9-25/h4-7,10H,1-3,8-9,11-12H2,(H2,22,23,24). The molecule has 26 heavy (non-hydrogen) atoms. The van der Waals surface area contributed by atoms with Crippen LogP contribution in [-0.4, -0.2) is 32.5 Å². The van der Waals surface area contributed by atoms with E-state index in [9.17, 15) is 0 Å². The van der Waals surface area contributed by atoms with Crippen LogP contribution in [0, 0.1) is 0 Å². The van der Waals surface area contributed by atoms with Crippen LogP contribution in [0.25, 0.3) is 11.0 Å². The van der Waals surface area contributed by atoms with E-state index >= 15 is 0 Å². The third-order valence-corrected chi connectivity index (χ3v) is 5.75. The molecule has 0 aliphatic carbocycles. The third kappa shape index (κ3) is 3.72. The molecule has 1 aliphatic rings. The second-order valence-corrected chi connectivity index (χ2v) is 7.97. The van der Waals surface area contributed by atoms with E-state index in [4.69, 9.17) is 17.3 Å². The lowest BCUT2D eigenvalue weighted by molar-refractivity contribution is 0.221. The quantitative estimate of drug-likeness (QED) is 0.616. The van der Waals surface area contributed by atoms with Crippen LogP contribution in [0.5, 0.6) is 0 Å². The lowest BCUT2D eigenvalue weighted by Crippen LogP contribution is -2.29. The molecule has 0 radical (unpaired) electrons. The molecule has 136 valence electrons. The molecule has 4 rings (SSSR count). The van der Waals surface area contributed by atoms with Crippen LogP contribution in [0.3, 0.4) is 0 Å². The summed E-state index contributed by atoms with van der Waals surface area (Å²) in [7, 11) is 0. The van der Waals surface area contributed by atoms with Gasteiger partial charge in [-0.1, -0.05) is 30.7 Å². The van der Waals surface area contributed by atoms with Crippen LogP contribution in [-0.2, 0) is 13.1 Å². The van der Waals surface area contributed by atoms with E-state index in [1.807, 2.05) is 6.07 Å². The summed E-state index contributed by atoms with van der Waals surface area (Å²) < 4.78 is 2.96. The maximum atomic E-state index is 5.99. The van der Waals surface area contributed by atoms with Crippen molar-refractivity contribution in [1.82, 2.24) is 19.4 Å². The van der Waals surface area contributed by atoms with Gasteiger partial charge in [0.25, 0.3) is 0 Å². The summed E-state index contributed by atoms with van der Waals surface area (Å²) in [5.41, 5.74) is 9.28. The van der Waals surface area contributed by atoms with E-state index in [0.717, 1.165) is 22.2 Å². The van der Waals surface area contributed by atoms with Gasteiger partial charge in [0.1, 0.15) is 11.5 Å². The molecule has 1 saturated heterocycles. The normalized spacial score (nSPS) is 15.6. The average Bonchev–Trinajstić information content (AvgIpc) is 2.94. The summed E-state index contributed by atoms with van der Waals surface area (Å²) in [4.78, 5) is 10.9. The molecule has 1 aromatic carbocycles. The minimum atomic E-state index is 0.165. The van der Waals surface area contributed by atoms with Crippen LogP contribution in [0.2, 0.25) is 5.28 Å². The molecule has 2 aromatic heterocycles. The SMILES string of the molecule is Nc1nc(Cl)nc2c1cc(Br)n2Cc1ccc(CN2CCCCC2)cc1. The number of nitrogens with two attached hydrogens (primary N) is 1. The van der Waals surface area contributed by atoms with Gasteiger partial charge < -0.3 is 10.3 Å². The van der Waals surface area contributed by atoms with E-state index in [-0.39, 0.29) is 5.28 Å². The van der Waals surface area contributed by atoms with E-state index < -0.39 is 0 Å². The molecule has 3 aromatic rings. The first-order valence-electron chi connectivity index (χ1n) is 8.88. The molecule has 0 atom stereocenters. The fourth-order valence-corrected chi connectivity index (χ4v) is 4.24. The zero-order valence-electron chi connectivity index (χ0n) is 14.5. The number of benzene rings is 1. The maximum absolute atomic E-state index is 5.99. The van der Waals surface area contributed by atoms with Crippen molar-refractivity contribution in [3.05, 3.63) is 51.3 Å². The molecular formula is C19H21BrClN5. The monoisotopic (exact) mass is 433 g/mol. The molecule has 2 N–H and O–H groups in total. The summed E-state index contributed by atoms with van der Waals surface area (Å²) in [6.45, 7) is 4.16. The van der Waals surface area contributed by atoms with Gasteiger partial charge in [-0.3, -0.25) is 4.90 Å². The van der Waals surface area contributed by atoms with E-state index in [1.165, 1.54) is 43.5 Å². The number of nitrogens with zero attached hydrogens (tertiary/aromatic N) is 4. The van der Waals surface area contributed by atoms with Crippen molar-refractivity contribution < 1.29 is 0 Å². The number of aromatic nitrogens is 3. The first kappa shape index (κ1) is 17.8. The Morgan fingerprint density at radius 2 is 1.65 bits per heavy atom. The lowest BCUT2D eigenvalue weighted by Gasteiger charge is -2.26. The van der Waals surface area contributed by atoms with Crippen molar-refractivity contribution in [2.45, 2.75) is 32.4 Å². The number of likely N-dealkylation sites (tertiary alicyclic amines) is 1. The number of hydrogen-bond donors (Lipinski definition) is 1. The number of anilines is 1. The van der Waals surface area contributed by atoms with Crippen molar-refractivity contribution in [3.63, 3.8) is 0 Å². The lowest BCUT2D eigenvalue weighted by atomic mass is 10.1. The Hall–Kier alpha value is -1.63. The zero-order chi connectivity index (χ0) is 18.1. The molecule has 0 unspecified atom stereocenters. The van der Waals surface area contributed by atoms with Gasteiger partial charge in [0.05, 0.1) is 16.5 Å². The van der Waals surface area contributed by atoms with Crippen LogP contribution in [0.15, 0.2) is 34.9 Å². The van der Waals surface area contributed by atoms with E-state index in [1.54, 1.807) is 0 Å². The fourth-order valence-electron chi connectivity index (χ4n) is 3.55. The first-order valence-corrected chi connectivity index (χ1v) is 10.0. The Morgan fingerprint density at radius 1 is 1.00 bits per heavy atom. The van der Waals surface area contributed by atoms with Gasteiger partial charge in [-0.15, -0.1) is 0 Å². The zero-order valence-corrected chi connectivity index (χ0v) is 16.8. The van der Waals surface area contributed by atoms with Gasteiger partial charge in [0, 0.05) is 6.54 Å². The van der Waals surface area contributed by atoms with Gasteiger partial charge in [0.2, 0.25) is 5.28 Å². The molecule has 1 fully saturated rings. The number of hydrogen-bond acceptors (Lipinski definition) is 4. The van der Waals surface area contributed by atoms with E-state index in [2.05, 4.69) is 59.6 Å². The summed E-state index contributed by atoms with van der Waals surface area (Å²) in [5, 5.41) is 0.974. The Bertz CT molecular complexity index is 916. The Balaban J connectivity index is 1.54. The van der Waals surface area contributed by atoms with Gasteiger partial charge >= 0.3 is 0 Å². The number of rotatable bonds is 4.